The van der Waals surface area contributed by atoms with E-state index in [2.05, 4.69) is 78.7 Å². The van der Waals surface area contributed by atoms with Crippen molar-refractivity contribution in [3.63, 3.8) is 0 Å². The number of aromatic amines is 2. The first kappa shape index (κ1) is 60.9. The van der Waals surface area contributed by atoms with Gasteiger partial charge in [-0.3, -0.25) is 9.69 Å². The molecule has 0 radical (unpaired) electrons. The van der Waals surface area contributed by atoms with Gasteiger partial charge in [0, 0.05) is 34.1 Å². The molecule has 0 spiro atoms. The number of halogens is 2. The molecule has 19 nitrogen and oxygen atoms in total. The van der Waals surface area contributed by atoms with E-state index >= 15 is 0 Å². The van der Waals surface area contributed by atoms with Crippen LogP contribution in [0, 0.1) is 10.8 Å². The molecule has 14 rings (SSSR count). The molecule has 8 heterocycles. The van der Waals surface area contributed by atoms with Gasteiger partial charge in [0.1, 0.15) is 42.9 Å². The third kappa shape index (κ3) is 13.3. The van der Waals surface area contributed by atoms with E-state index in [-0.39, 0.29) is 87.1 Å². The van der Waals surface area contributed by atoms with Gasteiger partial charge in [0.2, 0.25) is 0 Å². The van der Waals surface area contributed by atoms with Crippen LogP contribution in [0.15, 0.2) is 121 Å². The fraction of sp³-hybridized carbons (Fsp3) is 0.409. The Bertz CT molecular complexity index is 3600. The number of aromatic nitrogens is 4. The molecule has 458 valence electrons. The van der Waals surface area contributed by atoms with E-state index in [1.54, 1.807) is 12.1 Å². The zero-order valence-corrected chi connectivity index (χ0v) is 49.4. The van der Waals surface area contributed by atoms with Crippen molar-refractivity contribution in [1.29, 1.82) is 0 Å². The molecule has 0 bridgehead atoms. The van der Waals surface area contributed by atoms with Crippen molar-refractivity contribution in [2.45, 2.75) is 81.1 Å². The van der Waals surface area contributed by atoms with Crippen LogP contribution in [0.3, 0.4) is 0 Å². The van der Waals surface area contributed by atoms with Crippen LogP contribution < -0.4 is 14.8 Å². The van der Waals surface area contributed by atoms with Crippen molar-refractivity contribution in [2.75, 3.05) is 79.0 Å². The lowest BCUT2D eigenvalue weighted by molar-refractivity contribution is -0.00316. The standard InChI is InChI=1S/C33H36ClN3O6.C26H21ClN2O5.C7H15NO2/c34-25-14-27-26(35-32(36-27)43-29-17-42-30-28(40)16-41-31(29)30)13-24(25)23-7-5-22(6-8-23)21-3-1-20(2-4-21)15-37-11-9-33(18-38,19-39)10-12-37;27-19-10-21-20(28-26(29-21)34-23-13-33-24-22(31)12-32-25(23)24)9-18(19)17-7-5-16(6-8-17)15-3-1-14(11-30)2-4-15;9-5-7(6-10)1-3-8-4-2-7/h1-8,13-14,28-31,38-40H,9-12,15-19H2,(H,35,36);1-11,22-25,31H,12-13H2,(H,28,29);8-10H,1-6H2/t28-,29-,30-,31-;22-,23-,24-,25-;/m11./s1. The Kier molecular flexibility index (Phi) is 18.7. The number of hydrogen-bond acceptors (Lipinski definition) is 17. The van der Waals surface area contributed by atoms with E-state index in [1.807, 2.05) is 60.7 Å². The predicted molar refractivity (Wildman–Crippen MR) is 329 cm³/mol. The maximum atomic E-state index is 10.9. The van der Waals surface area contributed by atoms with E-state index in [1.165, 1.54) is 5.56 Å². The number of carbonyl (C=O) groups is 1. The molecule has 6 aliphatic rings. The number of rotatable bonds is 15. The molecule has 2 aromatic heterocycles. The van der Waals surface area contributed by atoms with E-state index < -0.39 is 12.2 Å². The van der Waals surface area contributed by atoms with Gasteiger partial charge >= 0.3 is 0 Å². The summed E-state index contributed by atoms with van der Waals surface area (Å²) in [5, 5.41) is 61.5. The number of ether oxygens (including phenoxy) is 6. The van der Waals surface area contributed by atoms with Crippen LogP contribution in [0.2, 0.25) is 10.0 Å². The number of H-pyrrole nitrogens is 2. The lowest BCUT2D eigenvalue weighted by atomic mass is 9.80. The molecule has 9 N–H and O–H groups in total. The Balaban J connectivity index is 0.000000149. The minimum atomic E-state index is -0.630. The average Bonchev–Trinajstić information content (AvgIpc) is 4.62. The number of carbonyl (C=O) groups excluding carboxylic acids is 1. The first-order valence-electron chi connectivity index (χ1n) is 29.6. The number of hydrogen-bond donors (Lipinski definition) is 9. The Morgan fingerprint density at radius 2 is 0.920 bits per heavy atom. The second-order valence-electron chi connectivity index (χ2n) is 23.7. The average molecular weight is 1230 g/mol. The van der Waals surface area contributed by atoms with Crippen LogP contribution in [0.1, 0.15) is 41.6 Å². The summed E-state index contributed by atoms with van der Waals surface area (Å²) in [5.41, 5.74) is 12.4. The van der Waals surface area contributed by atoms with Gasteiger partial charge in [-0.15, -0.1) is 0 Å². The molecule has 0 aliphatic carbocycles. The Morgan fingerprint density at radius 3 is 1.33 bits per heavy atom. The highest BCUT2D eigenvalue weighted by Gasteiger charge is 2.50. The molecule has 6 fully saturated rings. The van der Waals surface area contributed by atoms with Crippen molar-refractivity contribution < 1.29 is 63.9 Å². The number of benzene rings is 6. The molecular weight excluding hydrogens is 1160 g/mol. The van der Waals surface area contributed by atoms with Crippen LogP contribution in [-0.2, 0) is 25.5 Å². The topological polar surface area (TPSA) is 266 Å². The van der Waals surface area contributed by atoms with Gasteiger partial charge < -0.3 is 74.3 Å². The summed E-state index contributed by atoms with van der Waals surface area (Å²) in [6.45, 7) is 5.94. The van der Waals surface area contributed by atoms with Crippen molar-refractivity contribution in [3.8, 4) is 56.5 Å². The van der Waals surface area contributed by atoms with E-state index in [9.17, 15) is 25.2 Å². The van der Waals surface area contributed by atoms with Crippen molar-refractivity contribution in [2.24, 2.45) is 10.8 Å². The number of aliphatic hydroxyl groups is 6. The molecule has 8 aromatic rings. The highest BCUT2D eigenvalue weighted by molar-refractivity contribution is 6.34. The van der Waals surface area contributed by atoms with Gasteiger partial charge in [-0.1, -0.05) is 120 Å². The number of fused-ring (bicyclic) bond motifs is 4. The largest absolute Gasteiger partial charge is 0.456 e. The fourth-order valence-electron chi connectivity index (χ4n) is 12.3. The van der Waals surface area contributed by atoms with Crippen LogP contribution in [0.4, 0.5) is 0 Å². The SMILES string of the molecule is O=Cc1ccc(-c2ccc(-c3cc4nc(O[C@@H]5CO[C@H]6[C@@H]5OC[C@H]6O)[nH]c4cc3Cl)cc2)cc1.OCC1(CO)CCN(Cc2ccc(-c3ccc(-c4cc5nc(O[C@@H]6CO[C@H]7[C@@H]6OC[C@H]7O)[nH]c5cc4Cl)cc3)cc2)CC1.OCC1(CO)CCNCC1. The second kappa shape index (κ2) is 26.8. The molecular formula is C66H72Cl2N6O13. The lowest BCUT2D eigenvalue weighted by Gasteiger charge is -2.39. The molecule has 0 saturated carbocycles. The first-order chi connectivity index (χ1) is 42.3. The summed E-state index contributed by atoms with van der Waals surface area (Å²) >= 11 is 13.3. The summed E-state index contributed by atoms with van der Waals surface area (Å²) in [7, 11) is 0. The highest BCUT2D eigenvalue weighted by Crippen LogP contribution is 2.39. The number of nitrogens with zero attached hydrogens (tertiary/aromatic N) is 3. The monoisotopic (exact) mass is 1230 g/mol. The normalized spacial score (nSPS) is 24.6. The summed E-state index contributed by atoms with van der Waals surface area (Å²) < 4.78 is 34.6. The number of piperidine rings is 2. The lowest BCUT2D eigenvalue weighted by Crippen LogP contribution is -2.43. The first-order valence-corrected chi connectivity index (χ1v) is 30.4. The number of aldehydes is 1. The summed E-state index contributed by atoms with van der Waals surface area (Å²) in [6.07, 6.45) is 0.952. The number of imidazole rings is 2. The molecule has 6 aliphatic heterocycles. The van der Waals surface area contributed by atoms with Crippen molar-refractivity contribution >= 4 is 51.6 Å². The third-order valence-electron chi connectivity index (χ3n) is 18.0. The van der Waals surface area contributed by atoms with Gasteiger partial charge in [0.05, 0.1) is 85.0 Å². The summed E-state index contributed by atoms with van der Waals surface area (Å²) in [5.74, 6) is 0. The summed E-state index contributed by atoms with van der Waals surface area (Å²) in [4.78, 5) is 28.8. The minimum absolute atomic E-state index is 0.0466. The highest BCUT2D eigenvalue weighted by atomic mass is 35.5. The van der Waals surface area contributed by atoms with Gasteiger partial charge in [0.15, 0.2) is 12.2 Å². The Morgan fingerprint density at radius 1 is 0.529 bits per heavy atom. The summed E-state index contributed by atoms with van der Waals surface area (Å²) in [6, 6.07) is 40.8. The van der Waals surface area contributed by atoms with E-state index in [0.29, 0.717) is 40.8 Å². The predicted octanol–water partition coefficient (Wildman–Crippen LogP) is 7.63. The Labute approximate surface area is 513 Å². The van der Waals surface area contributed by atoms with Gasteiger partial charge in [-0.25, -0.2) is 0 Å². The zero-order valence-electron chi connectivity index (χ0n) is 47.9. The Hall–Kier alpha value is -6.37. The van der Waals surface area contributed by atoms with Crippen LogP contribution in [0.5, 0.6) is 12.0 Å². The number of nitrogens with one attached hydrogen (secondary N) is 3. The maximum Gasteiger partial charge on any atom is 0.295 e. The molecule has 87 heavy (non-hydrogen) atoms. The maximum absolute atomic E-state index is 10.9. The minimum Gasteiger partial charge on any atom is -0.456 e. The molecule has 0 unspecified atom stereocenters. The fourth-order valence-corrected chi connectivity index (χ4v) is 12.9. The zero-order chi connectivity index (χ0) is 60.2. The number of likely N-dealkylation sites (tertiary alicyclic amines) is 1. The van der Waals surface area contributed by atoms with E-state index in [4.69, 9.17) is 61.8 Å². The van der Waals surface area contributed by atoms with Gasteiger partial charge in [0.25, 0.3) is 12.0 Å². The van der Waals surface area contributed by atoms with Crippen molar-refractivity contribution in [1.82, 2.24) is 30.2 Å². The molecule has 21 heteroatoms. The van der Waals surface area contributed by atoms with E-state index in [0.717, 1.165) is 131 Å². The van der Waals surface area contributed by atoms with Crippen LogP contribution in [0.25, 0.3) is 66.6 Å². The molecule has 0 amide bonds. The second-order valence-corrected chi connectivity index (χ2v) is 24.5. The van der Waals surface area contributed by atoms with Crippen LogP contribution >= 0.6 is 23.2 Å². The molecule has 6 aromatic carbocycles. The van der Waals surface area contributed by atoms with Gasteiger partial charge in [-0.2, -0.15) is 9.97 Å². The quantitative estimate of drug-likeness (QED) is 0.0447. The smallest absolute Gasteiger partial charge is 0.295 e. The third-order valence-corrected chi connectivity index (χ3v) is 18.6. The molecule has 6 saturated heterocycles. The van der Waals surface area contributed by atoms with Crippen molar-refractivity contribution in [3.05, 3.63) is 142 Å². The number of aliphatic hydroxyl groups excluding tert-OH is 6. The molecule has 8 atom stereocenters. The van der Waals surface area contributed by atoms with Crippen LogP contribution in [-0.4, -0.2) is 190 Å². The van der Waals surface area contributed by atoms with Gasteiger partial charge in [-0.05, 0) is 115 Å².